The number of carbonyl (C=O) groups excluding carboxylic acids is 1. The first-order valence-electron chi connectivity index (χ1n) is 5.74. The highest BCUT2D eigenvalue weighted by Gasteiger charge is 2.20. The number of amides is 1. The minimum absolute atomic E-state index is 0.135. The molecule has 1 rings (SSSR count). The van der Waals surface area contributed by atoms with E-state index in [9.17, 15) is 9.90 Å². The van der Waals surface area contributed by atoms with Gasteiger partial charge in [0.15, 0.2) is 0 Å². The number of nitrogens with zero attached hydrogens (tertiary/aromatic N) is 1. The first-order valence-corrected chi connectivity index (χ1v) is 5.74. The predicted molar refractivity (Wildman–Crippen MR) is 68.9 cm³/mol. The maximum absolute atomic E-state index is 12.0. The number of hydrogen-bond donors (Lipinski definition) is 2. The van der Waals surface area contributed by atoms with Gasteiger partial charge in [0.1, 0.15) is 5.75 Å². The zero-order chi connectivity index (χ0) is 13.0. The Morgan fingerprint density at radius 2 is 2.12 bits per heavy atom. The van der Waals surface area contributed by atoms with Gasteiger partial charge in [0.25, 0.3) is 0 Å². The summed E-state index contributed by atoms with van der Waals surface area (Å²) in [6.07, 6.45) is 0.655. The first kappa shape index (κ1) is 13.5. The molecular weight excluding hydrogens is 216 g/mol. The van der Waals surface area contributed by atoms with Crippen molar-refractivity contribution in [1.82, 2.24) is 0 Å². The molecule has 0 aliphatic heterocycles. The second-order valence-electron chi connectivity index (χ2n) is 4.65. The molecule has 0 spiro atoms. The third kappa shape index (κ3) is 3.75. The van der Waals surface area contributed by atoms with Crippen molar-refractivity contribution in [2.24, 2.45) is 11.7 Å². The number of phenols is 1. The summed E-state index contributed by atoms with van der Waals surface area (Å²) >= 11 is 0. The Balaban J connectivity index is 2.76. The number of aromatic hydroxyl groups is 1. The lowest BCUT2D eigenvalue weighted by Gasteiger charge is -2.22. The van der Waals surface area contributed by atoms with Crippen LogP contribution in [0.2, 0.25) is 0 Å². The van der Waals surface area contributed by atoms with Gasteiger partial charge in [0.2, 0.25) is 5.91 Å². The van der Waals surface area contributed by atoms with Crippen LogP contribution in [0.1, 0.15) is 20.3 Å². The van der Waals surface area contributed by atoms with Crippen molar-refractivity contribution >= 4 is 11.6 Å². The Hall–Kier alpha value is -1.55. The lowest BCUT2D eigenvalue weighted by molar-refractivity contribution is -0.119. The van der Waals surface area contributed by atoms with Crippen LogP contribution >= 0.6 is 0 Å². The van der Waals surface area contributed by atoms with Crippen LogP contribution in [0, 0.1) is 5.92 Å². The van der Waals surface area contributed by atoms with E-state index >= 15 is 0 Å². The lowest BCUT2D eigenvalue weighted by atomic mass is 10.0. The number of phenolic OH excluding ortho intramolecular Hbond substituents is 1. The molecule has 0 heterocycles. The molecule has 0 saturated carbocycles. The Kier molecular flexibility index (Phi) is 4.52. The van der Waals surface area contributed by atoms with E-state index in [1.807, 2.05) is 13.8 Å². The zero-order valence-corrected chi connectivity index (χ0v) is 10.6. The maximum Gasteiger partial charge on any atom is 0.243 e. The summed E-state index contributed by atoms with van der Waals surface area (Å²) in [6.45, 7) is 4.06. The monoisotopic (exact) mass is 236 g/mol. The number of rotatable bonds is 4. The topological polar surface area (TPSA) is 66.6 Å². The van der Waals surface area contributed by atoms with Crippen LogP contribution in [0.4, 0.5) is 5.69 Å². The van der Waals surface area contributed by atoms with Gasteiger partial charge < -0.3 is 15.7 Å². The van der Waals surface area contributed by atoms with Gasteiger partial charge in [-0.3, -0.25) is 4.79 Å². The number of hydrogen-bond acceptors (Lipinski definition) is 3. The molecule has 4 nitrogen and oxygen atoms in total. The Labute approximate surface area is 102 Å². The molecular formula is C13H20N2O2. The fourth-order valence-corrected chi connectivity index (χ4v) is 1.69. The van der Waals surface area contributed by atoms with Crippen LogP contribution in [0.5, 0.6) is 5.75 Å². The molecule has 1 aromatic carbocycles. The van der Waals surface area contributed by atoms with E-state index in [2.05, 4.69) is 0 Å². The van der Waals surface area contributed by atoms with Gasteiger partial charge >= 0.3 is 0 Å². The quantitative estimate of drug-likeness (QED) is 0.836. The fraction of sp³-hybridized carbons (Fsp3) is 0.462. The first-order chi connectivity index (χ1) is 7.91. The highest BCUT2D eigenvalue weighted by atomic mass is 16.3. The average Bonchev–Trinajstić information content (AvgIpc) is 2.26. The number of anilines is 1. The van der Waals surface area contributed by atoms with Crippen LogP contribution in [0.25, 0.3) is 0 Å². The van der Waals surface area contributed by atoms with Gasteiger partial charge in [-0.1, -0.05) is 19.9 Å². The van der Waals surface area contributed by atoms with Crippen LogP contribution < -0.4 is 10.6 Å². The van der Waals surface area contributed by atoms with E-state index in [-0.39, 0.29) is 11.7 Å². The van der Waals surface area contributed by atoms with Gasteiger partial charge in [-0.15, -0.1) is 0 Å². The van der Waals surface area contributed by atoms with Crippen molar-refractivity contribution in [2.75, 3.05) is 11.9 Å². The van der Waals surface area contributed by atoms with Crippen molar-refractivity contribution in [3.05, 3.63) is 24.3 Å². The van der Waals surface area contributed by atoms with E-state index in [4.69, 9.17) is 5.73 Å². The summed E-state index contributed by atoms with van der Waals surface area (Å²) in [5.41, 5.74) is 6.49. The van der Waals surface area contributed by atoms with Crippen molar-refractivity contribution in [1.29, 1.82) is 0 Å². The van der Waals surface area contributed by atoms with Crippen LogP contribution in [-0.2, 0) is 4.79 Å². The number of benzene rings is 1. The summed E-state index contributed by atoms with van der Waals surface area (Å²) in [5, 5.41) is 9.36. The van der Waals surface area contributed by atoms with Gasteiger partial charge in [0, 0.05) is 18.8 Å². The van der Waals surface area contributed by atoms with Gasteiger partial charge in [-0.25, -0.2) is 0 Å². The molecule has 4 heteroatoms. The van der Waals surface area contributed by atoms with E-state index in [0.29, 0.717) is 18.0 Å². The Bertz CT molecular complexity index is 391. The summed E-state index contributed by atoms with van der Waals surface area (Å²) in [5.74, 6) is 0.385. The summed E-state index contributed by atoms with van der Waals surface area (Å²) in [6, 6.07) is 6.07. The summed E-state index contributed by atoms with van der Waals surface area (Å²) in [4.78, 5) is 13.5. The molecule has 1 atom stereocenters. The SMILES string of the molecule is CC(C)C[C@H](N)C(=O)N(C)c1cccc(O)c1. The van der Waals surface area contributed by atoms with E-state index in [1.165, 1.54) is 4.90 Å². The lowest BCUT2D eigenvalue weighted by Crippen LogP contribution is -2.42. The summed E-state index contributed by atoms with van der Waals surface area (Å²) < 4.78 is 0. The van der Waals surface area contributed by atoms with Crippen molar-refractivity contribution in [3.63, 3.8) is 0 Å². The smallest absolute Gasteiger partial charge is 0.243 e. The Morgan fingerprint density at radius 3 is 2.65 bits per heavy atom. The second kappa shape index (κ2) is 5.68. The van der Waals surface area contributed by atoms with Crippen LogP contribution in [0.15, 0.2) is 24.3 Å². The fourth-order valence-electron chi connectivity index (χ4n) is 1.69. The second-order valence-corrected chi connectivity index (χ2v) is 4.65. The van der Waals surface area contributed by atoms with Crippen molar-refractivity contribution in [3.8, 4) is 5.75 Å². The molecule has 17 heavy (non-hydrogen) atoms. The van der Waals surface area contributed by atoms with E-state index < -0.39 is 6.04 Å². The molecule has 0 fully saturated rings. The molecule has 0 saturated heterocycles. The highest BCUT2D eigenvalue weighted by Crippen LogP contribution is 2.20. The highest BCUT2D eigenvalue weighted by molar-refractivity contribution is 5.96. The van der Waals surface area contributed by atoms with Crippen molar-refractivity contribution < 1.29 is 9.90 Å². The molecule has 0 aliphatic rings. The van der Waals surface area contributed by atoms with Gasteiger partial charge in [0.05, 0.1) is 6.04 Å². The predicted octanol–water partition coefficient (Wildman–Crippen LogP) is 1.73. The van der Waals surface area contributed by atoms with Crippen LogP contribution in [0.3, 0.4) is 0 Å². The summed E-state index contributed by atoms with van der Waals surface area (Å²) in [7, 11) is 1.66. The largest absolute Gasteiger partial charge is 0.508 e. The number of nitrogens with two attached hydrogens (primary N) is 1. The van der Waals surface area contributed by atoms with Crippen LogP contribution in [-0.4, -0.2) is 24.1 Å². The zero-order valence-electron chi connectivity index (χ0n) is 10.6. The molecule has 1 amide bonds. The standard InChI is InChI=1S/C13H20N2O2/c1-9(2)7-12(14)13(17)15(3)10-5-4-6-11(16)8-10/h4-6,8-9,12,16H,7,14H2,1-3H3/t12-/m0/s1. The minimum atomic E-state index is -0.498. The third-order valence-corrected chi connectivity index (χ3v) is 2.59. The third-order valence-electron chi connectivity index (χ3n) is 2.59. The average molecular weight is 236 g/mol. The minimum Gasteiger partial charge on any atom is -0.508 e. The Morgan fingerprint density at radius 1 is 1.47 bits per heavy atom. The molecule has 0 unspecified atom stereocenters. The molecule has 0 radical (unpaired) electrons. The molecule has 3 N–H and O–H groups in total. The molecule has 94 valence electrons. The molecule has 0 aliphatic carbocycles. The number of carbonyl (C=O) groups is 1. The normalized spacial score (nSPS) is 12.5. The number of likely N-dealkylation sites (N-methyl/N-ethyl adjacent to an activating group) is 1. The molecule has 0 aromatic heterocycles. The van der Waals surface area contributed by atoms with E-state index in [1.54, 1.807) is 31.3 Å². The molecule has 0 bridgehead atoms. The van der Waals surface area contributed by atoms with E-state index in [0.717, 1.165) is 0 Å². The molecule has 1 aromatic rings. The maximum atomic E-state index is 12.0. The van der Waals surface area contributed by atoms with Gasteiger partial charge in [-0.05, 0) is 24.5 Å². The van der Waals surface area contributed by atoms with Crippen molar-refractivity contribution in [2.45, 2.75) is 26.3 Å². The van der Waals surface area contributed by atoms with Gasteiger partial charge in [-0.2, -0.15) is 0 Å².